The van der Waals surface area contributed by atoms with Crippen molar-refractivity contribution in [2.75, 3.05) is 40.5 Å². The Labute approximate surface area is 357 Å². The van der Waals surface area contributed by atoms with Crippen molar-refractivity contribution in [2.24, 2.45) is 0 Å². The van der Waals surface area contributed by atoms with Crippen LogP contribution in [0.25, 0.3) is 0 Å². The molecule has 2 aliphatic heterocycles. The van der Waals surface area contributed by atoms with Crippen LogP contribution in [0.4, 0.5) is 35.1 Å². The molecular formula is C20H36Cl2F8K2N4O7S2-2. The fraction of sp³-hybridized carbons (Fsp3) is 0.750. The number of nitrogens with zero attached hydrogens (tertiary/aromatic N) is 4. The number of Topliss-reactive ketones (excluding diaryl/α,β-unsaturated/α-hetero) is 1. The van der Waals surface area contributed by atoms with Crippen molar-refractivity contribution in [1.82, 2.24) is 19.6 Å². The van der Waals surface area contributed by atoms with Crippen LogP contribution in [-0.2, 0) is 25.0 Å². The molecule has 0 atom stereocenters. The molecule has 25 heteroatoms. The first-order valence-corrected chi connectivity index (χ1v) is 13.5. The van der Waals surface area contributed by atoms with E-state index in [2.05, 4.69) is 72.3 Å². The average Bonchev–Trinajstić information content (AvgIpc) is 3.40. The summed E-state index contributed by atoms with van der Waals surface area (Å²) < 4.78 is 145. The maximum atomic E-state index is 11.4. The van der Waals surface area contributed by atoms with Crippen LogP contribution < -0.4 is 128 Å². The average molecular weight is 810 g/mol. The molecule has 0 aromatic carbocycles. The summed E-state index contributed by atoms with van der Waals surface area (Å²) in [4.78, 5) is 18.3. The van der Waals surface area contributed by atoms with Gasteiger partial charge in [0, 0.05) is 52.0 Å². The molecule has 0 spiro atoms. The summed E-state index contributed by atoms with van der Waals surface area (Å²) in [5.41, 5.74) is 0. The van der Waals surface area contributed by atoms with Gasteiger partial charge in [0.25, 0.3) is 0 Å². The standard InChI is InChI=1S/2C6H12N2.C3H6O.2C2H2F4O3S.CH4.2ClH.2K/c2*1-3-8-5-4-7(2)6-8;1-3(2)4;2*3-1(4)2(5,6)10(7,8)9;;;;;/h2*4-5H,3,6H2,1-2H3;1-2H3;2*1H,(H,7,8,9);1H4;2*1H;;/q;;;;;;;;2*+1/p-4. The molecule has 0 aromatic rings. The number of hydrogen-bond acceptors (Lipinski definition) is 11. The summed E-state index contributed by atoms with van der Waals surface area (Å²) >= 11 is 0. The molecule has 264 valence electrons. The van der Waals surface area contributed by atoms with E-state index < -0.39 is 43.6 Å². The maximum Gasteiger partial charge on any atom is 1.00 e. The van der Waals surface area contributed by atoms with Gasteiger partial charge in [-0.1, -0.05) is 7.43 Å². The molecule has 0 fully saturated rings. The van der Waals surface area contributed by atoms with E-state index in [1.165, 1.54) is 13.8 Å². The summed E-state index contributed by atoms with van der Waals surface area (Å²) in [6, 6.07) is 0. The van der Waals surface area contributed by atoms with Gasteiger partial charge in [-0.05, 0) is 27.7 Å². The Morgan fingerprint density at radius 3 is 0.956 bits per heavy atom. The number of alkyl halides is 8. The smallest absolute Gasteiger partial charge is 1.00 e. The van der Waals surface area contributed by atoms with E-state index >= 15 is 0 Å². The summed E-state index contributed by atoms with van der Waals surface area (Å²) in [5.74, 6) is 0.167. The van der Waals surface area contributed by atoms with E-state index in [0.29, 0.717) is 0 Å². The third-order valence-corrected chi connectivity index (χ3v) is 5.55. The van der Waals surface area contributed by atoms with Crippen LogP contribution >= 0.6 is 0 Å². The second kappa shape index (κ2) is 30.3. The topological polar surface area (TPSA) is 144 Å². The van der Waals surface area contributed by atoms with E-state index in [1.54, 1.807) is 0 Å². The van der Waals surface area contributed by atoms with Gasteiger partial charge in [-0.15, -0.1) is 0 Å². The number of halogens is 10. The fourth-order valence-corrected chi connectivity index (χ4v) is 2.24. The third-order valence-electron chi connectivity index (χ3n) is 3.86. The van der Waals surface area contributed by atoms with Crippen LogP contribution in [0.15, 0.2) is 24.8 Å². The minimum Gasteiger partial charge on any atom is -1.00 e. The first-order chi connectivity index (χ1) is 17.8. The molecule has 2 aliphatic rings. The second-order valence-corrected chi connectivity index (χ2v) is 10.6. The molecule has 2 heterocycles. The molecule has 0 amide bonds. The SMILES string of the molecule is C.CC(C)=O.CCN1C=CN(C)C1.CCN1C=CN(C)C1.O=S(=O)([O-])C(F)(F)C(F)F.O=S(=O)([O-])C(F)(F)C(F)F.[Cl-].[Cl-].[K+].[K+]. The Kier molecular flexibility index (Phi) is 43.7. The molecule has 0 radical (unpaired) electrons. The molecule has 2 rings (SSSR count). The minimum atomic E-state index is -6.23. The van der Waals surface area contributed by atoms with E-state index in [-0.39, 0.29) is 141 Å². The zero-order chi connectivity index (χ0) is 32.7. The van der Waals surface area contributed by atoms with Crippen LogP contribution in [0.1, 0.15) is 35.1 Å². The number of hydrogen-bond donors (Lipinski definition) is 0. The zero-order valence-electron chi connectivity index (χ0n) is 25.0. The molecular weight excluding hydrogens is 773 g/mol. The van der Waals surface area contributed by atoms with Crippen LogP contribution in [0.2, 0.25) is 0 Å². The van der Waals surface area contributed by atoms with Gasteiger partial charge >= 0.3 is 126 Å². The quantitative estimate of drug-likeness (QED) is 0.144. The summed E-state index contributed by atoms with van der Waals surface area (Å²) in [6.45, 7) is 11.7. The Hall–Kier alpha value is 1.46. The van der Waals surface area contributed by atoms with Gasteiger partial charge in [0.1, 0.15) is 5.78 Å². The number of carbonyl (C=O) groups excluding carboxylic acids is 1. The molecule has 0 N–H and O–H groups in total. The molecule has 45 heavy (non-hydrogen) atoms. The first-order valence-electron chi connectivity index (χ1n) is 10.7. The predicted molar refractivity (Wildman–Crippen MR) is 133 cm³/mol. The van der Waals surface area contributed by atoms with Crippen molar-refractivity contribution >= 4 is 26.0 Å². The predicted octanol–water partition coefficient (Wildman–Crippen LogP) is -8.61. The van der Waals surface area contributed by atoms with Gasteiger partial charge in [-0.25, -0.2) is 34.4 Å². The van der Waals surface area contributed by atoms with Crippen LogP contribution in [0.5, 0.6) is 0 Å². The number of ketones is 1. The zero-order valence-corrected chi connectivity index (χ0v) is 34.4. The molecule has 11 nitrogen and oxygen atoms in total. The molecule has 0 bridgehead atoms. The fourth-order valence-electron chi connectivity index (χ4n) is 1.81. The summed E-state index contributed by atoms with van der Waals surface area (Å²) in [6.07, 6.45) is -0.558. The summed E-state index contributed by atoms with van der Waals surface area (Å²) in [7, 11) is -8.32. The van der Waals surface area contributed by atoms with E-state index in [9.17, 15) is 65.9 Å². The van der Waals surface area contributed by atoms with Gasteiger partial charge in [-0.3, -0.25) is 0 Å². The number of carbonyl (C=O) groups is 1. The molecule has 0 aromatic heterocycles. The Bertz CT molecular complexity index is 961. The van der Waals surface area contributed by atoms with Crippen molar-refractivity contribution in [2.45, 2.75) is 58.5 Å². The van der Waals surface area contributed by atoms with Crippen molar-refractivity contribution in [3.05, 3.63) is 24.8 Å². The van der Waals surface area contributed by atoms with E-state index in [1.807, 2.05) is 0 Å². The Balaban J connectivity index is -0.0000000629. The minimum absolute atomic E-state index is 0. The largest absolute Gasteiger partial charge is 1.00 e. The maximum absolute atomic E-state index is 11.4. The Morgan fingerprint density at radius 1 is 0.711 bits per heavy atom. The van der Waals surface area contributed by atoms with Gasteiger partial charge < -0.3 is 58.3 Å². The normalized spacial score (nSPS) is 13.4. The molecule has 0 aliphatic carbocycles. The van der Waals surface area contributed by atoms with Gasteiger partial charge in [0.2, 0.25) is 0 Å². The summed E-state index contributed by atoms with van der Waals surface area (Å²) in [5, 5.41) is -11.0. The van der Waals surface area contributed by atoms with E-state index in [4.69, 9.17) is 0 Å². The van der Waals surface area contributed by atoms with Crippen LogP contribution in [-0.4, -0.2) is 115 Å². The van der Waals surface area contributed by atoms with Crippen molar-refractivity contribution in [1.29, 1.82) is 0 Å². The monoisotopic (exact) mass is 808 g/mol. The van der Waals surface area contributed by atoms with Crippen molar-refractivity contribution in [3.8, 4) is 0 Å². The third kappa shape index (κ3) is 30.0. The van der Waals surface area contributed by atoms with E-state index in [0.717, 1.165) is 26.4 Å². The Morgan fingerprint density at radius 2 is 0.911 bits per heavy atom. The molecule has 0 saturated heterocycles. The second-order valence-electron chi connectivity index (χ2n) is 7.74. The molecule has 0 unspecified atom stereocenters. The van der Waals surface area contributed by atoms with Crippen molar-refractivity contribution < 1.29 is 193 Å². The molecule has 0 saturated carbocycles. The van der Waals surface area contributed by atoms with Crippen LogP contribution in [0, 0.1) is 0 Å². The van der Waals surface area contributed by atoms with Gasteiger partial charge in [0.05, 0.1) is 13.3 Å². The van der Waals surface area contributed by atoms with Gasteiger partial charge in [-0.2, -0.15) is 17.6 Å². The van der Waals surface area contributed by atoms with Crippen molar-refractivity contribution in [3.63, 3.8) is 0 Å². The van der Waals surface area contributed by atoms with Crippen LogP contribution in [0.3, 0.4) is 0 Å². The first kappa shape index (κ1) is 64.9. The van der Waals surface area contributed by atoms with Gasteiger partial charge in [0.15, 0.2) is 20.2 Å². The number of rotatable bonds is 6.